The number of urea groups is 1. The first kappa shape index (κ1) is 42.9. The van der Waals surface area contributed by atoms with Gasteiger partial charge in [0.1, 0.15) is 28.1 Å². The number of nitrogens with one attached hydrogen (secondary N) is 6. The predicted octanol–water partition coefficient (Wildman–Crippen LogP) is 5.86. The largest absolute Gasteiger partial charge is 0.573 e. The zero-order valence-electron chi connectivity index (χ0n) is 32.8. The van der Waals surface area contributed by atoms with Crippen LogP contribution in [-0.2, 0) is 9.63 Å². The van der Waals surface area contributed by atoms with Crippen LogP contribution in [0.3, 0.4) is 0 Å². The van der Waals surface area contributed by atoms with Gasteiger partial charge in [0.15, 0.2) is 13.2 Å². The molecule has 3 heterocycles. The van der Waals surface area contributed by atoms with Gasteiger partial charge < -0.3 is 35.9 Å². The fraction of sp³-hybridized carbons (Fsp3) is 0.447. The van der Waals surface area contributed by atoms with E-state index in [2.05, 4.69) is 51.2 Å². The van der Waals surface area contributed by atoms with E-state index in [9.17, 15) is 32.5 Å². The van der Waals surface area contributed by atoms with Gasteiger partial charge in [-0.25, -0.2) is 24.0 Å². The van der Waals surface area contributed by atoms with Gasteiger partial charge in [-0.2, -0.15) is 0 Å². The van der Waals surface area contributed by atoms with Crippen LogP contribution in [0.5, 0.6) is 5.75 Å². The van der Waals surface area contributed by atoms with Crippen molar-refractivity contribution in [2.75, 3.05) is 37.9 Å². The fourth-order valence-electron chi connectivity index (χ4n) is 6.68. The average Bonchev–Trinajstić information content (AvgIpc) is 3.83. The van der Waals surface area contributed by atoms with E-state index in [-0.39, 0.29) is 52.4 Å². The number of rotatable bonds is 15. The molecule has 4 amide bonds. The number of allylic oxidation sites excluding steroid dienone is 4. The highest BCUT2D eigenvalue weighted by Gasteiger charge is 2.42. The molecule has 4 unspecified atom stereocenters. The molecule has 6 N–H and O–H groups in total. The third-order valence-corrected chi connectivity index (χ3v) is 9.65. The van der Waals surface area contributed by atoms with Gasteiger partial charge in [-0.05, 0) is 67.4 Å². The SMILES string of the molecule is CNC(=O)NC(C)CNc1ccc(C(=O)Nc2cc(OC(F)(F)F)c(C3=CC=C(c4cnc(C5CC(C)CN5C(=O)C(N[N+](=O)OC)C(C)C)[nH]4)CC3)cc2F)cn1. The molecule has 3 aromatic rings. The molecular weight excluding hydrogens is 768 g/mol. The topological polar surface area (TPSA) is 195 Å². The lowest BCUT2D eigenvalue weighted by molar-refractivity contribution is -0.839. The van der Waals surface area contributed by atoms with Crippen LogP contribution in [0.25, 0.3) is 11.1 Å². The van der Waals surface area contributed by atoms with E-state index in [0.717, 1.165) is 17.7 Å². The lowest BCUT2D eigenvalue weighted by Crippen LogP contribution is -2.51. The van der Waals surface area contributed by atoms with E-state index in [1.807, 2.05) is 20.8 Å². The number of alkyl halides is 3. The Morgan fingerprint density at radius 1 is 1.07 bits per heavy atom. The summed E-state index contributed by atoms with van der Waals surface area (Å²) in [5.41, 5.74) is 3.67. The van der Waals surface area contributed by atoms with Gasteiger partial charge in [-0.3, -0.25) is 9.59 Å². The molecule has 1 fully saturated rings. The fourth-order valence-corrected chi connectivity index (χ4v) is 6.68. The molecule has 0 radical (unpaired) electrons. The van der Waals surface area contributed by atoms with Crippen molar-refractivity contribution in [2.24, 2.45) is 11.8 Å². The van der Waals surface area contributed by atoms with Crippen LogP contribution >= 0.6 is 0 Å². The maximum Gasteiger partial charge on any atom is 0.573 e. The normalized spacial score (nSPS) is 17.7. The van der Waals surface area contributed by atoms with E-state index in [4.69, 9.17) is 0 Å². The first-order valence-corrected chi connectivity index (χ1v) is 18.6. The molecule has 4 atom stereocenters. The highest BCUT2D eigenvalue weighted by Crippen LogP contribution is 2.41. The number of aromatic nitrogens is 3. The maximum atomic E-state index is 15.5. The number of likely N-dealkylation sites (tertiary alicyclic amines) is 1. The van der Waals surface area contributed by atoms with E-state index in [0.29, 0.717) is 48.8 Å². The standard InChI is InChI=1S/C38H46F4N10O6/c1-20(2)33(50-52(56)57-6)36(54)51-19-21(3)13-30(51)34-46-18-29(48-34)24-9-7-23(8-10-24)26-14-27(39)28(15-31(26)58-38(40,41)42)49-35(53)25-11-12-32(45-17-25)44-16-22(4)47-37(55)43-5/h7,9,11-12,14-15,17-18,20-22,30,33H,8,10,13,16,19H2,1-6H3,(H5-,43,44,45,46,47,48,49,50,53,55,56)/p+1. The Bertz CT molecular complexity index is 2050. The van der Waals surface area contributed by atoms with Gasteiger partial charge in [0, 0.05) is 44.0 Å². The average molecular weight is 816 g/mol. The molecule has 2 aromatic heterocycles. The highest BCUT2D eigenvalue weighted by molar-refractivity contribution is 6.04. The summed E-state index contributed by atoms with van der Waals surface area (Å²) in [6.07, 6.45) is 2.17. The van der Waals surface area contributed by atoms with Crippen LogP contribution in [-0.4, -0.2) is 88.4 Å². The highest BCUT2D eigenvalue weighted by atomic mass is 19.4. The minimum Gasteiger partial charge on any atom is -0.405 e. The Morgan fingerprint density at radius 3 is 2.41 bits per heavy atom. The number of hydrogen-bond donors (Lipinski definition) is 6. The summed E-state index contributed by atoms with van der Waals surface area (Å²) < 4.78 is 60.7. The third-order valence-electron chi connectivity index (χ3n) is 9.65. The lowest BCUT2D eigenvalue weighted by atomic mass is 9.91. The zero-order valence-corrected chi connectivity index (χ0v) is 32.8. The van der Waals surface area contributed by atoms with Gasteiger partial charge in [0.25, 0.3) is 11.8 Å². The van der Waals surface area contributed by atoms with E-state index < -0.39 is 41.6 Å². The summed E-state index contributed by atoms with van der Waals surface area (Å²) in [5.74, 6) is -1.93. The van der Waals surface area contributed by atoms with Crippen LogP contribution in [0, 0.1) is 22.6 Å². The number of ether oxygens (including phenoxy) is 1. The van der Waals surface area contributed by atoms with E-state index in [1.165, 1.54) is 32.5 Å². The van der Waals surface area contributed by atoms with Crippen molar-refractivity contribution >= 4 is 40.5 Å². The number of halogens is 4. The molecular formula is C38H47F4N10O6+. The summed E-state index contributed by atoms with van der Waals surface area (Å²) in [5, 5.41) is 10.6. The minimum atomic E-state index is -5.12. The molecule has 1 saturated heterocycles. The summed E-state index contributed by atoms with van der Waals surface area (Å²) in [6, 6.07) is 2.72. The number of H-pyrrole nitrogens is 1. The second-order valence-corrected chi connectivity index (χ2v) is 14.5. The van der Waals surface area contributed by atoms with Gasteiger partial charge in [0.2, 0.25) is 0 Å². The second-order valence-electron chi connectivity index (χ2n) is 14.5. The molecule has 1 aliphatic heterocycles. The molecule has 5 rings (SSSR count). The minimum absolute atomic E-state index is 0.00893. The van der Waals surface area contributed by atoms with Crippen LogP contribution in [0.1, 0.15) is 80.4 Å². The number of aromatic amines is 1. The Kier molecular flexibility index (Phi) is 13.6. The van der Waals surface area contributed by atoms with Crippen molar-refractivity contribution in [3.63, 3.8) is 0 Å². The monoisotopic (exact) mass is 815 g/mol. The van der Waals surface area contributed by atoms with Crippen molar-refractivity contribution in [1.82, 2.24) is 35.9 Å². The Balaban J connectivity index is 1.31. The van der Waals surface area contributed by atoms with Gasteiger partial charge >= 0.3 is 17.4 Å². The zero-order chi connectivity index (χ0) is 42.3. The second kappa shape index (κ2) is 18.4. The van der Waals surface area contributed by atoms with Crippen molar-refractivity contribution in [2.45, 2.75) is 71.4 Å². The molecule has 58 heavy (non-hydrogen) atoms. The van der Waals surface area contributed by atoms with Crippen LogP contribution in [0.2, 0.25) is 0 Å². The van der Waals surface area contributed by atoms with Gasteiger partial charge in [-0.15, -0.1) is 13.2 Å². The first-order valence-electron chi connectivity index (χ1n) is 18.6. The first-order chi connectivity index (χ1) is 27.5. The number of carbonyl (C=O) groups is 3. The van der Waals surface area contributed by atoms with Crippen LogP contribution in [0.15, 0.2) is 48.8 Å². The Hall–Kier alpha value is -6.21. The summed E-state index contributed by atoms with van der Waals surface area (Å²) >= 11 is 0. The van der Waals surface area contributed by atoms with Gasteiger partial charge in [-0.1, -0.05) is 38.3 Å². The number of amides is 4. The summed E-state index contributed by atoms with van der Waals surface area (Å²) in [4.78, 5) is 68.3. The third kappa shape index (κ3) is 10.8. The number of hydrazine groups is 1. The summed E-state index contributed by atoms with van der Waals surface area (Å²) in [6.45, 7) is 8.19. The van der Waals surface area contributed by atoms with E-state index in [1.54, 1.807) is 30.2 Å². The molecule has 1 aliphatic carbocycles. The Labute approximate surface area is 331 Å². The number of imidazole rings is 1. The summed E-state index contributed by atoms with van der Waals surface area (Å²) in [7, 11) is 2.68. The number of nitrogens with zero attached hydrogens (tertiary/aromatic N) is 4. The quantitative estimate of drug-likeness (QED) is 0.0799. The van der Waals surface area contributed by atoms with Crippen molar-refractivity contribution in [3.05, 3.63) is 82.2 Å². The number of anilines is 2. The van der Waals surface area contributed by atoms with Crippen molar-refractivity contribution < 1.29 is 46.6 Å². The predicted molar refractivity (Wildman–Crippen MR) is 205 cm³/mol. The van der Waals surface area contributed by atoms with Crippen LogP contribution < -0.4 is 31.4 Å². The van der Waals surface area contributed by atoms with Gasteiger partial charge in [0.05, 0.1) is 29.2 Å². The lowest BCUT2D eigenvalue weighted by Gasteiger charge is -2.27. The molecule has 16 nitrogen and oxygen atoms in total. The molecule has 0 saturated carbocycles. The molecule has 20 heteroatoms. The number of pyridine rings is 1. The maximum absolute atomic E-state index is 15.5. The molecule has 0 spiro atoms. The molecule has 2 aliphatic rings. The number of carbonyl (C=O) groups excluding carboxylic acids is 3. The molecule has 0 bridgehead atoms. The number of benzene rings is 1. The van der Waals surface area contributed by atoms with Crippen molar-refractivity contribution in [3.8, 4) is 5.75 Å². The number of hydrogen-bond acceptors (Lipinski definition) is 9. The molecule has 1 aromatic carbocycles. The van der Waals surface area contributed by atoms with E-state index >= 15 is 4.39 Å². The van der Waals surface area contributed by atoms with Crippen molar-refractivity contribution in [1.29, 1.82) is 0 Å². The van der Waals surface area contributed by atoms with Crippen LogP contribution in [0.4, 0.5) is 33.9 Å². The smallest absolute Gasteiger partial charge is 0.405 e. The Morgan fingerprint density at radius 2 is 1.79 bits per heavy atom. The molecule has 312 valence electrons.